The SMILES string of the molecule is COc1ccc(COc2cc(C3COCC(Br)C3)nc(S(C)(=O)=O)n2)cc1. The van der Waals surface area contributed by atoms with E-state index in [4.69, 9.17) is 14.2 Å². The van der Waals surface area contributed by atoms with Gasteiger partial charge in [0.2, 0.25) is 20.9 Å². The molecule has 0 saturated carbocycles. The quantitative estimate of drug-likeness (QED) is 0.487. The van der Waals surface area contributed by atoms with Gasteiger partial charge in [-0.05, 0) is 24.1 Å². The van der Waals surface area contributed by atoms with Crippen LogP contribution in [0.3, 0.4) is 0 Å². The van der Waals surface area contributed by atoms with Crippen LogP contribution in [0.15, 0.2) is 35.5 Å². The van der Waals surface area contributed by atoms with Gasteiger partial charge in [-0.15, -0.1) is 0 Å². The van der Waals surface area contributed by atoms with Gasteiger partial charge in [0, 0.05) is 23.1 Å². The molecule has 1 aliphatic rings. The van der Waals surface area contributed by atoms with Gasteiger partial charge in [-0.2, -0.15) is 4.98 Å². The van der Waals surface area contributed by atoms with Crippen LogP contribution in [0.4, 0.5) is 0 Å². The highest BCUT2D eigenvalue weighted by molar-refractivity contribution is 9.09. The molecule has 0 N–H and O–H groups in total. The fourth-order valence-electron chi connectivity index (χ4n) is 2.74. The number of benzene rings is 1. The molecule has 2 unspecified atom stereocenters. The van der Waals surface area contributed by atoms with Gasteiger partial charge in [0.1, 0.15) is 12.4 Å². The number of sulfone groups is 1. The van der Waals surface area contributed by atoms with E-state index in [1.807, 2.05) is 24.3 Å². The average Bonchev–Trinajstić information content (AvgIpc) is 2.66. The zero-order valence-electron chi connectivity index (χ0n) is 15.1. The van der Waals surface area contributed by atoms with Crippen LogP contribution >= 0.6 is 15.9 Å². The standard InChI is InChI=1S/C18H21BrN2O5S/c1-24-15-5-3-12(4-6-15)9-26-17-8-16(13-7-14(19)11-25-10-13)20-18(21-17)27(2,22)23/h3-6,8,13-14H,7,9-11H2,1-2H3. The third-order valence-corrected chi connectivity index (χ3v) is 5.64. The first-order valence-corrected chi connectivity index (χ1v) is 11.2. The van der Waals surface area contributed by atoms with Crippen LogP contribution in [0.2, 0.25) is 0 Å². The number of ether oxygens (including phenoxy) is 3. The maximum Gasteiger partial charge on any atom is 0.250 e. The second kappa shape index (κ2) is 8.53. The lowest BCUT2D eigenvalue weighted by Gasteiger charge is -2.25. The second-order valence-corrected chi connectivity index (χ2v) is 9.59. The van der Waals surface area contributed by atoms with Crippen molar-refractivity contribution in [1.29, 1.82) is 0 Å². The number of halogens is 1. The lowest BCUT2D eigenvalue weighted by molar-refractivity contribution is 0.0849. The normalized spacial score (nSPS) is 20.3. The molecule has 1 aromatic heterocycles. The summed E-state index contributed by atoms with van der Waals surface area (Å²) in [4.78, 5) is 8.52. The monoisotopic (exact) mass is 456 g/mol. The van der Waals surface area contributed by atoms with Crippen LogP contribution in [-0.2, 0) is 21.2 Å². The smallest absolute Gasteiger partial charge is 0.250 e. The van der Waals surface area contributed by atoms with E-state index >= 15 is 0 Å². The zero-order valence-corrected chi connectivity index (χ0v) is 17.5. The molecule has 27 heavy (non-hydrogen) atoms. The Morgan fingerprint density at radius 2 is 1.96 bits per heavy atom. The molecule has 1 aromatic carbocycles. The number of rotatable bonds is 6. The van der Waals surface area contributed by atoms with Crippen molar-refractivity contribution >= 4 is 25.8 Å². The van der Waals surface area contributed by atoms with Crippen LogP contribution in [0, 0.1) is 0 Å². The maximum atomic E-state index is 12.0. The topological polar surface area (TPSA) is 87.6 Å². The van der Waals surface area contributed by atoms with E-state index in [9.17, 15) is 8.42 Å². The Labute approximate surface area is 167 Å². The highest BCUT2D eigenvalue weighted by Crippen LogP contribution is 2.30. The number of nitrogens with zero attached hydrogens (tertiary/aromatic N) is 2. The van der Waals surface area contributed by atoms with Crippen LogP contribution in [0.25, 0.3) is 0 Å². The van der Waals surface area contributed by atoms with E-state index in [0.717, 1.165) is 24.0 Å². The predicted molar refractivity (Wildman–Crippen MR) is 103 cm³/mol. The van der Waals surface area contributed by atoms with Crippen molar-refractivity contribution in [3.8, 4) is 11.6 Å². The van der Waals surface area contributed by atoms with Gasteiger partial charge >= 0.3 is 0 Å². The van der Waals surface area contributed by atoms with Crippen LogP contribution in [0.1, 0.15) is 23.6 Å². The molecule has 3 rings (SSSR count). The fraction of sp³-hybridized carbons (Fsp3) is 0.444. The molecule has 1 saturated heterocycles. The van der Waals surface area contributed by atoms with Crippen LogP contribution in [0.5, 0.6) is 11.6 Å². The second-order valence-electron chi connectivity index (χ2n) is 6.39. The maximum absolute atomic E-state index is 12.0. The van der Waals surface area contributed by atoms with E-state index in [-0.39, 0.29) is 28.4 Å². The summed E-state index contributed by atoms with van der Waals surface area (Å²) in [6.07, 6.45) is 1.89. The Balaban J connectivity index is 1.83. The Bertz CT molecular complexity index is 889. The summed E-state index contributed by atoms with van der Waals surface area (Å²) < 4.78 is 40.4. The molecular weight excluding hydrogens is 436 g/mol. The van der Waals surface area contributed by atoms with Crippen molar-refractivity contribution in [3.05, 3.63) is 41.6 Å². The van der Waals surface area contributed by atoms with Crippen molar-refractivity contribution in [2.75, 3.05) is 26.6 Å². The zero-order chi connectivity index (χ0) is 19.4. The van der Waals surface area contributed by atoms with E-state index < -0.39 is 9.84 Å². The first-order valence-electron chi connectivity index (χ1n) is 8.41. The molecule has 1 aliphatic heterocycles. The van der Waals surface area contributed by atoms with Crippen LogP contribution < -0.4 is 9.47 Å². The summed E-state index contributed by atoms with van der Waals surface area (Å²) in [5.74, 6) is 0.965. The molecule has 9 heteroatoms. The number of methoxy groups -OCH3 is 1. The van der Waals surface area contributed by atoms with Crippen molar-refractivity contribution in [2.45, 2.75) is 28.9 Å². The van der Waals surface area contributed by atoms with E-state index in [1.54, 1.807) is 13.2 Å². The molecule has 0 aliphatic carbocycles. The minimum Gasteiger partial charge on any atom is -0.497 e. The molecule has 0 amide bonds. The minimum atomic E-state index is -3.56. The fourth-order valence-corrected chi connectivity index (χ4v) is 3.90. The van der Waals surface area contributed by atoms with Gasteiger partial charge in [0.15, 0.2) is 0 Å². The number of aromatic nitrogens is 2. The summed E-state index contributed by atoms with van der Waals surface area (Å²) in [6.45, 7) is 1.37. The Hall–Kier alpha value is -1.71. The van der Waals surface area contributed by atoms with Crippen molar-refractivity contribution in [1.82, 2.24) is 9.97 Å². The summed E-state index contributed by atoms with van der Waals surface area (Å²) in [7, 11) is -1.96. The Morgan fingerprint density at radius 3 is 2.59 bits per heavy atom. The number of hydrogen-bond donors (Lipinski definition) is 0. The molecular formula is C18H21BrN2O5S. The molecule has 2 aromatic rings. The minimum absolute atomic E-state index is 0.0186. The van der Waals surface area contributed by atoms with E-state index in [1.165, 1.54) is 0 Å². The van der Waals surface area contributed by atoms with Gasteiger partial charge in [0.25, 0.3) is 0 Å². The summed E-state index contributed by atoms with van der Waals surface area (Å²) in [5, 5.41) is -0.235. The molecule has 7 nitrogen and oxygen atoms in total. The molecule has 0 spiro atoms. The van der Waals surface area contributed by atoms with Crippen molar-refractivity contribution in [2.24, 2.45) is 0 Å². The molecule has 2 heterocycles. The van der Waals surface area contributed by atoms with Gasteiger partial charge in [-0.3, -0.25) is 0 Å². The van der Waals surface area contributed by atoms with E-state index in [2.05, 4.69) is 25.9 Å². The van der Waals surface area contributed by atoms with E-state index in [0.29, 0.717) is 18.9 Å². The highest BCUT2D eigenvalue weighted by Gasteiger charge is 2.26. The van der Waals surface area contributed by atoms with Gasteiger partial charge < -0.3 is 14.2 Å². The first-order chi connectivity index (χ1) is 12.8. The third kappa shape index (κ3) is 5.40. The molecule has 2 atom stereocenters. The van der Waals surface area contributed by atoms with Gasteiger partial charge in [-0.25, -0.2) is 13.4 Å². The molecule has 0 bridgehead atoms. The van der Waals surface area contributed by atoms with Crippen molar-refractivity contribution in [3.63, 3.8) is 0 Å². The van der Waals surface area contributed by atoms with Gasteiger partial charge in [0.05, 0.1) is 26.0 Å². The molecule has 0 radical (unpaired) electrons. The summed E-state index contributed by atoms with van der Waals surface area (Å²) in [5.41, 5.74) is 1.53. The first kappa shape index (κ1) is 20.0. The lowest BCUT2D eigenvalue weighted by atomic mass is 9.98. The third-order valence-electron chi connectivity index (χ3n) is 4.16. The lowest BCUT2D eigenvalue weighted by Crippen LogP contribution is -2.25. The largest absolute Gasteiger partial charge is 0.497 e. The van der Waals surface area contributed by atoms with Crippen molar-refractivity contribution < 1.29 is 22.6 Å². The predicted octanol–water partition coefficient (Wildman–Crippen LogP) is 2.74. The Kier molecular flexibility index (Phi) is 6.33. The molecule has 146 valence electrons. The highest BCUT2D eigenvalue weighted by atomic mass is 79.9. The molecule has 1 fully saturated rings. The van der Waals surface area contributed by atoms with Crippen LogP contribution in [-0.4, -0.2) is 49.8 Å². The van der Waals surface area contributed by atoms with Gasteiger partial charge in [-0.1, -0.05) is 28.1 Å². The summed E-state index contributed by atoms with van der Waals surface area (Å²) in [6, 6.07) is 9.12. The number of alkyl halides is 1. The summed E-state index contributed by atoms with van der Waals surface area (Å²) >= 11 is 3.55. The Morgan fingerprint density at radius 1 is 1.22 bits per heavy atom. The number of hydrogen-bond acceptors (Lipinski definition) is 7. The average molecular weight is 457 g/mol.